The van der Waals surface area contributed by atoms with Crippen molar-refractivity contribution in [1.29, 1.82) is 0 Å². The van der Waals surface area contributed by atoms with Crippen LogP contribution in [0.15, 0.2) is 73.3 Å². The number of hydrogen-bond donors (Lipinski definition) is 0. The van der Waals surface area contributed by atoms with E-state index in [1.807, 2.05) is 0 Å². The second-order valence-electron chi connectivity index (χ2n) is 3.23. The summed E-state index contributed by atoms with van der Waals surface area (Å²) in [7, 11) is 0. The molecule has 0 aliphatic rings. The number of rotatable bonds is 8. The molecule has 0 aromatic heterocycles. The zero-order chi connectivity index (χ0) is 16.3. The number of carbonyl (C=O) groups excluding carboxylic acids is 1. The minimum absolute atomic E-state index is 0.262. The van der Waals surface area contributed by atoms with Gasteiger partial charge in [0, 0.05) is 30.4 Å². The van der Waals surface area contributed by atoms with Gasteiger partial charge in [-0.3, -0.25) is 20.2 Å². The molecule has 0 rings (SSSR count). The van der Waals surface area contributed by atoms with Gasteiger partial charge in [-0.05, 0) is 12.2 Å². The molecule has 0 atom stereocenters. The third-order valence-electron chi connectivity index (χ3n) is 1.87. The van der Waals surface area contributed by atoms with Crippen LogP contribution in [0.5, 0.6) is 0 Å². The zero-order valence-corrected chi connectivity index (χ0v) is 10.9. The van der Waals surface area contributed by atoms with Gasteiger partial charge in [0.05, 0.1) is 16.1 Å². The van der Waals surface area contributed by atoms with Crippen molar-refractivity contribution >= 4 is 5.97 Å². The van der Waals surface area contributed by atoms with E-state index in [-0.39, 0.29) is 11.4 Å². The second-order valence-corrected chi connectivity index (χ2v) is 3.23. The van der Waals surface area contributed by atoms with Gasteiger partial charge in [-0.2, -0.15) is 0 Å². The lowest BCUT2D eigenvalue weighted by atomic mass is 10.3. The highest BCUT2D eigenvalue weighted by Crippen LogP contribution is 1.98. The minimum atomic E-state index is -0.802. The lowest BCUT2D eigenvalue weighted by Gasteiger charge is -1.91. The summed E-state index contributed by atoms with van der Waals surface area (Å²) in [6.45, 7) is 6.48. The van der Waals surface area contributed by atoms with Crippen molar-refractivity contribution in [3.05, 3.63) is 93.6 Å². The summed E-state index contributed by atoms with van der Waals surface area (Å²) in [5.41, 5.74) is -0.540. The molecule has 0 N–H and O–H groups in total. The number of ether oxygens (including phenoxy) is 1. The van der Waals surface area contributed by atoms with Crippen LogP contribution >= 0.6 is 0 Å². The van der Waals surface area contributed by atoms with E-state index in [2.05, 4.69) is 17.9 Å². The molecule has 8 nitrogen and oxygen atoms in total. The van der Waals surface area contributed by atoms with Gasteiger partial charge in [0.15, 0.2) is 0 Å². The Labute approximate surface area is 120 Å². The lowest BCUT2D eigenvalue weighted by Crippen LogP contribution is -1.96. The van der Waals surface area contributed by atoms with Crippen molar-refractivity contribution in [1.82, 2.24) is 0 Å². The van der Waals surface area contributed by atoms with Gasteiger partial charge in [-0.1, -0.05) is 13.2 Å². The molecule has 21 heavy (non-hydrogen) atoms. The lowest BCUT2D eigenvalue weighted by molar-refractivity contribution is -0.419. The van der Waals surface area contributed by atoms with Crippen LogP contribution in [0.1, 0.15) is 0 Å². The van der Waals surface area contributed by atoms with Gasteiger partial charge in [0.1, 0.15) is 0 Å². The Morgan fingerprint density at radius 3 is 1.86 bits per heavy atom. The largest absolute Gasteiger partial charge is 0.431 e. The fraction of sp³-hybridized carbons (Fsp3) is 0. The summed E-state index contributed by atoms with van der Waals surface area (Å²) in [5, 5.41) is 20.8. The Morgan fingerprint density at radius 2 is 1.43 bits per heavy atom. The highest BCUT2D eigenvalue weighted by Gasteiger charge is 2.02. The van der Waals surface area contributed by atoms with E-state index < -0.39 is 15.8 Å². The van der Waals surface area contributed by atoms with Crippen LogP contribution in [0, 0.1) is 20.2 Å². The van der Waals surface area contributed by atoms with Gasteiger partial charge >= 0.3 is 5.97 Å². The molecule has 0 aliphatic carbocycles. The van der Waals surface area contributed by atoms with Crippen LogP contribution in [0.2, 0.25) is 0 Å². The molecule has 0 aliphatic heterocycles. The first kappa shape index (κ1) is 17.7. The fourth-order valence-corrected chi connectivity index (χ4v) is 0.916. The van der Waals surface area contributed by atoms with Crippen molar-refractivity contribution in [3.63, 3.8) is 0 Å². The van der Waals surface area contributed by atoms with Crippen molar-refractivity contribution in [2.45, 2.75) is 0 Å². The van der Waals surface area contributed by atoms with Gasteiger partial charge in [-0.25, -0.2) is 4.79 Å². The minimum Gasteiger partial charge on any atom is -0.431 e. The standard InChI is InChI=1S/C13H12N2O6/c1-3-11(14(17)18)7-5-9-13(16)21-10-6-8-12(4-2)15(19)20/h3-10H,1-2H2/b9-5+,10-6+,11-7-,12-8+. The summed E-state index contributed by atoms with van der Waals surface area (Å²) >= 11 is 0. The predicted molar refractivity (Wildman–Crippen MR) is 74.9 cm³/mol. The average molecular weight is 292 g/mol. The smallest absolute Gasteiger partial charge is 0.335 e. The number of esters is 1. The number of hydrogen-bond acceptors (Lipinski definition) is 6. The fourth-order valence-electron chi connectivity index (χ4n) is 0.916. The molecule has 0 aromatic carbocycles. The van der Waals surface area contributed by atoms with Gasteiger partial charge in [0.2, 0.25) is 0 Å². The van der Waals surface area contributed by atoms with Gasteiger partial charge < -0.3 is 4.74 Å². The molecule has 110 valence electrons. The van der Waals surface area contributed by atoms with Crippen molar-refractivity contribution < 1.29 is 19.4 Å². The maximum atomic E-state index is 11.2. The molecular weight excluding hydrogens is 280 g/mol. The molecule has 0 bridgehead atoms. The second kappa shape index (κ2) is 9.62. The molecule has 0 saturated carbocycles. The van der Waals surface area contributed by atoms with Crippen LogP contribution in [0.3, 0.4) is 0 Å². The van der Waals surface area contributed by atoms with Crippen molar-refractivity contribution in [3.8, 4) is 0 Å². The summed E-state index contributed by atoms with van der Waals surface area (Å²) in [4.78, 5) is 30.6. The molecule has 0 fully saturated rings. The molecule has 0 spiro atoms. The quantitative estimate of drug-likeness (QED) is 0.169. The van der Waals surface area contributed by atoms with E-state index in [0.29, 0.717) is 0 Å². The van der Waals surface area contributed by atoms with E-state index in [1.54, 1.807) is 0 Å². The molecule has 8 heteroatoms. The number of nitro groups is 2. The monoisotopic (exact) mass is 292 g/mol. The SMILES string of the molecule is C=C/C(=C/C=C/C(=O)O/C=C/C=C(\C=C)[N+](=O)[O-])[N+](=O)[O-]. The zero-order valence-electron chi connectivity index (χ0n) is 10.9. The number of nitrogens with zero attached hydrogens (tertiary/aromatic N) is 2. The third kappa shape index (κ3) is 7.67. The van der Waals surface area contributed by atoms with E-state index in [4.69, 9.17) is 0 Å². The normalized spacial score (nSPS) is 12.4. The number of allylic oxidation sites excluding steroid dienone is 6. The first-order chi connectivity index (χ1) is 9.92. The maximum absolute atomic E-state index is 11.2. The summed E-state index contributed by atoms with van der Waals surface area (Å²) in [6, 6.07) is 0. The molecular formula is C13H12N2O6. The van der Waals surface area contributed by atoms with Crippen LogP contribution in [0.25, 0.3) is 0 Å². The topological polar surface area (TPSA) is 113 Å². The Hall–Kier alpha value is -3.29. The Kier molecular flexibility index (Phi) is 8.11. The van der Waals surface area contributed by atoms with Gasteiger partial charge in [0.25, 0.3) is 11.4 Å². The summed E-state index contributed by atoms with van der Waals surface area (Å²) in [6.07, 6.45) is 8.37. The van der Waals surface area contributed by atoms with Crippen LogP contribution in [0.4, 0.5) is 0 Å². The Balaban J connectivity index is 4.53. The Morgan fingerprint density at radius 1 is 0.952 bits per heavy atom. The molecule has 0 radical (unpaired) electrons. The first-order valence-corrected chi connectivity index (χ1v) is 5.41. The Bertz CT molecular complexity index is 569. The molecule has 0 saturated heterocycles. The van der Waals surface area contributed by atoms with Crippen LogP contribution < -0.4 is 0 Å². The van der Waals surface area contributed by atoms with Crippen LogP contribution in [-0.2, 0) is 9.53 Å². The van der Waals surface area contributed by atoms with E-state index >= 15 is 0 Å². The maximum Gasteiger partial charge on any atom is 0.335 e. The summed E-state index contributed by atoms with van der Waals surface area (Å²) < 4.78 is 4.56. The van der Waals surface area contributed by atoms with Crippen LogP contribution in [-0.4, -0.2) is 15.8 Å². The third-order valence-corrected chi connectivity index (χ3v) is 1.87. The molecule has 0 unspecified atom stereocenters. The highest BCUT2D eigenvalue weighted by atomic mass is 16.6. The molecule has 0 aromatic rings. The first-order valence-electron chi connectivity index (χ1n) is 5.41. The average Bonchev–Trinajstić information content (AvgIpc) is 2.42. The van der Waals surface area contributed by atoms with E-state index in [1.165, 1.54) is 0 Å². The highest BCUT2D eigenvalue weighted by molar-refractivity contribution is 5.82. The van der Waals surface area contributed by atoms with E-state index in [9.17, 15) is 25.0 Å². The molecule has 0 heterocycles. The summed E-state index contributed by atoms with van der Waals surface area (Å²) in [5.74, 6) is -0.802. The van der Waals surface area contributed by atoms with E-state index in [0.717, 1.165) is 48.8 Å². The molecule has 0 amide bonds. The predicted octanol–water partition coefficient (Wildman–Crippen LogP) is 2.29. The van der Waals surface area contributed by atoms with Gasteiger partial charge in [-0.15, -0.1) is 0 Å². The van der Waals surface area contributed by atoms with Crippen molar-refractivity contribution in [2.24, 2.45) is 0 Å². The van der Waals surface area contributed by atoms with Crippen molar-refractivity contribution in [2.75, 3.05) is 0 Å². The number of carbonyl (C=O) groups is 1.